The Hall–Kier alpha value is -3.32. The van der Waals surface area contributed by atoms with Crippen LogP contribution >= 0.6 is 23.2 Å². The zero-order valence-electron chi connectivity index (χ0n) is 23.9. The Bertz CT molecular complexity index is 1740. The number of H-pyrrole nitrogens is 1. The van der Waals surface area contributed by atoms with Crippen molar-refractivity contribution in [2.75, 3.05) is 19.8 Å². The van der Waals surface area contributed by atoms with Crippen LogP contribution in [0.15, 0.2) is 52.8 Å². The number of carbonyl (C=O) groups is 1. The Balaban J connectivity index is 1.41. The summed E-state index contributed by atoms with van der Waals surface area (Å²) in [6.45, 7) is 2.10. The minimum absolute atomic E-state index is 0.0666. The Labute approximate surface area is 259 Å². The van der Waals surface area contributed by atoms with Gasteiger partial charge >= 0.3 is 0 Å². The number of benzene rings is 2. The third-order valence-corrected chi connectivity index (χ3v) is 9.38. The topological polar surface area (TPSA) is 146 Å². The molecule has 1 amide bonds. The van der Waals surface area contributed by atoms with Gasteiger partial charge in [-0.2, -0.15) is 15.4 Å². The second kappa shape index (κ2) is 12.0. The van der Waals surface area contributed by atoms with Crippen molar-refractivity contribution in [2.24, 2.45) is 10.7 Å². The molecule has 0 saturated heterocycles. The van der Waals surface area contributed by atoms with Gasteiger partial charge in [-0.1, -0.05) is 23.2 Å². The number of aromatic nitrogens is 3. The minimum atomic E-state index is -3.44. The Kier molecular flexibility index (Phi) is 8.68. The summed E-state index contributed by atoms with van der Waals surface area (Å²) in [5.74, 6) is -0.989. The zero-order valence-corrected chi connectivity index (χ0v) is 26.2. The van der Waals surface area contributed by atoms with Crippen molar-refractivity contribution in [3.63, 3.8) is 0 Å². The highest BCUT2D eigenvalue weighted by molar-refractivity contribution is 7.88. The van der Waals surface area contributed by atoms with E-state index in [1.54, 1.807) is 37.2 Å². The molecule has 1 atom stereocenters. The normalized spacial score (nSPS) is 18.7. The second-order valence-electron chi connectivity index (χ2n) is 11.0. The molecule has 1 aliphatic carbocycles. The summed E-state index contributed by atoms with van der Waals surface area (Å²) in [5, 5.41) is 11.0. The minimum Gasteiger partial charge on any atom is -0.400 e. The molecular weight excluding hydrogens is 616 g/mol. The van der Waals surface area contributed by atoms with E-state index in [4.69, 9.17) is 28.9 Å². The lowest BCUT2D eigenvalue weighted by Crippen LogP contribution is -2.46. The van der Waals surface area contributed by atoms with Gasteiger partial charge in [0.2, 0.25) is 10.0 Å². The van der Waals surface area contributed by atoms with Gasteiger partial charge in [0.1, 0.15) is 5.82 Å². The van der Waals surface area contributed by atoms with Crippen molar-refractivity contribution in [2.45, 2.75) is 50.6 Å². The number of carbonyl (C=O) groups excluding carboxylic acids is 1. The van der Waals surface area contributed by atoms with Crippen LogP contribution < -0.4 is 10.5 Å². The number of nitrogens with zero attached hydrogens (tertiary/aromatic N) is 4. The van der Waals surface area contributed by atoms with Crippen LogP contribution in [0.5, 0.6) is 0 Å². The van der Waals surface area contributed by atoms with Crippen molar-refractivity contribution >= 4 is 44.8 Å². The molecule has 0 spiro atoms. The van der Waals surface area contributed by atoms with Crippen LogP contribution in [0.25, 0.3) is 0 Å². The fourth-order valence-corrected chi connectivity index (χ4v) is 7.19. The van der Waals surface area contributed by atoms with Gasteiger partial charge < -0.3 is 10.6 Å². The van der Waals surface area contributed by atoms with E-state index in [0.717, 1.165) is 23.5 Å². The van der Waals surface area contributed by atoms with E-state index >= 15 is 0 Å². The van der Waals surface area contributed by atoms with Gasteiger partial charge in [0, 0.05) is 35.4 Å². The predicted molar refractivity (Wildman–Crippen MR) is 164 cm³/mol. The number of nitrogens with one attached hydrogen (secondary N) is 2. The molecule has 1 aliphatic heterocycles. The predicted octanol–water partition coefficient (Wildman–Crippen LogP) is 4.14. The van der Waals surface area contributed by atoms with Gasteiger partial charge in [0.05, 0.1) is 46.0 Å². The molecule has 2 heterocycles. The third-order valence-electron chi connectivity index (χ3n) is 7.95. The molecule has 2 aliphatic rings. The average Bonchev–Trinajstić information content (AvgIpc) is 3.51. The van der Waals surface area contributed by atoms with Gasteiger partial charge in [-0.3, -0.25) is 9.79 Å². The van der Waals surface area contributed by atoms with Crippen molar-refractivity contribution in [3.05, 3.63) is 91.6 Å². The van der Waals surface area contributed by atoms with E-state index in [9.17, 15) is 17.6 Å². The number of amides is 1. The van der Waals surface area contributed by atoms with Crippen LogP contribution in [-0.2, 0) is 28.4 Å². The highest BCUT2D eigenvalue weighted by Gasteiger charge is 2.47. The number of hydrogen-bond donors (Lipinski definition) is 3. The largest absolute Gasteiger partial charge is 0.400 e. The number of halogens is 3. The lowest BCUT2D eigenvalue weighted by atomic mass is 9.90. The molecular formula is C29H32Cl2FN7O3S. The number of aryl methyl sites for hydroxylation is 2. The number of hydrogen-bond acceptors (Lipinski definition) is 7. The van der Waals surface area contributed by atoms with Crippen LogP contribution in [0.4, 0.5) is 4.39 Å². The SMILES string of the molecule is CN=C(C1=C(N)[C@@H](C)N(C(=O)c2cc(F)cc(CCc3cn[nH]n3)c2Cl)CC1)c1cc(Cl)cc(C2(NS(C)(=O)=O)CC2)c1. The van der Waals surface area contributed by atoms with Crippen LogP contribution in [0.3, 0.4) is 0 Å². The summed E-state index contributed by atoms with van der Waals surface area (Å²) in [6.07, 6.45) is 5.26. The smallest absolute Gasteiger partial charge is 0.256 e. The maximum absolute atomic E-state index is 14.7. The maximum atomic E-state index is 14.7. The fourth-order valence-electron chi connectivity index (χ4n) is 5.64. The first-order valence-corrected chi connectivity index (χ1v) is 16.4. The van der Waals surface area contributed by atoms with Gasteiger partial charge in [-0.25, -0.2) is 17.5 Å². The molecule has 0 unspecified atom stereocenters. The van der Waals surface area contributed by atoms with E-state index in [0.29, 0.717) is 71.9 Å². The molecule has 4 N–H and O–H groups in total. The lowest BCUT2D eigenvalue weighted by Gasteiger charge is -2.36. The van der Waals surface area contributed by atoms with Crippen LogP contribution in [0.1, 0.15) is 58.9 Å². The molecule has 1 fully saturated rings. The van der Waals surface area contributed by atoms with Crippen molar-refractivity contribution < 1.29 is 17.6 Å². The van der Waals surface area contributed by atoms with E-state index in [-0.39, 0.29) is 10.6 Å². The zero-order chi connectivity index (χ0) is 31.1. The number of aromatic amines is 1. The van der Waals surface area contributed by atoms with Crippen molar-refractivity contribution in [3.8, 4) is 0 Å². The maximum Gasteiger partial charge on any atom is 0.256 e. The van der Waals surface area contributed by atoms with Crippen LogP contribution in [0.2, 0.25) is 10.0 Å². The highest BCUT2D eigenvalue weighted by atomic mass is 35.5. The molecule has 43 heavy (non-hydrogen) atoms. The van der Waals surface area contributed by atoms with Crippen molar-refractivity contribution in [1.29, 1.82) is 0 Å². The molecule has 228 valence electrons. The third kappa shape index (κ3) is 6.62. The van der Waals surface area contributed by atoms with E-state index in [2.05, 4.69) is 25.1 Å². The number of nitrogens with two attached hydrogens (primary N) is 1. The first kappa shape index (κ1) is 31.1. The molecule has 1 aromatic heterocycles. The summed E-state index contributed by atoms with van der Waals surface area (Å²) in [7, 11) is -1.80. The van der Waals surface area contributed by atoms with Gasteiger partial charge in [0.25, 0.3) is 5.91 Å². The number of aliphatic imine (C=N–C) groups is 1. The fraction of sp³-hybridized carbons (Fsp3) is 0.379. The second-order valence-corrected chi connectivity index (χ2v) is 13.6. The summed E-state index contributed by atoms with van der Waals surface area (Å²) in [6, 6.07) is 7.34. The molecule has 0 radical (unpaired) electrons. The van der Waals surface area contributed by atoms with E-state index in [1.165, 1.54) is 6.07 Å². The van der Waals surface area contributed by atoms with Crippen molar-refractivity contribution in [1.82, 2.24) is 25.0 Å². The number of rotatable bonds is 9. The molecule has 10 nitrogen and oxygen atoms in total. The quantitative estimate of drug-likeness (QED) is 0.298. The standard InChI is InChI=1S/C29H32Cl2FN7O3S/c1-16-26(33)23(27(34-2)18-10-19(13-20(30)11-18)29(7-8-29)37-43(3,41)42)6-9-39(16)28(40)24-14-21(32)12-17(25(24)31)4-5-22-15-35-38-36-22/h10-16,37H,4-9,33H2,1-3H3,(H,35,36,38)/t16-/m1/s1. The molecule has 3 aromatic rings. The Morgan fingerprint density at radius 2 is 1.98 bits per heavy atom. The summed E-state index contributed by atoms with van der Waals surface area (Å²) in [4.78, 5) is 19.8. The summed E-state index contributed by atoms with van der Waals surface area (Å²) < 4.78 is 41.4. The number of sulfonamides is 1. The first-order valence-electron chi connectivity index (χ1n) is 13.7. The van der Waals surface area contributed by atoms with E-state index < -0.39 is 33.3 Å². The molecule has 1 saturated carbocycles. The molecule has 2 aromatic carbocycles. The van der Waals surface area contributed by atoms with Gasteiger partial charge in [-0.05, 0) is 80.5 Å². The van der Waals surface area contributed by atoms with E-state index in [1.807, 2.05) is 6.07 Å². The summed E-state index contributed by atoms with van der Waals surface area (Å²) >= 11 is 13.1. The first-order chi connectivity index (χ1) is 20.3. The van der Waals surface area contributed by atoms with Crippen LogP contribution in [-0.4, -0.2) is 66.2 Å². The van der Waals surface area contributed by atoms with Crippen LogP contribution in [0, 0.1) is 5.82 Å². The van der Waals surface area contributed by atoms with Gasteiger partial charge in [-0.15, -0.1) is 0 Å². The molecule has 14 heteroatoms. The summed E-state index contributed by atoms with van der Waals surface area (Å²) in [5.41, 5.74) is 10.5. The average molecular weight is 649 g/mol. The molecule has 5 rings (SSSR count). The lowest BCUT2D eigenvalue weighted by molar-refractivity contribution is 0.0706. The monoisotopic (exact) mass is 647 g/mol. The Morgan fingerprint density at radius 3 is 2.60 bits per heavy atom. The highest BCUT2D eigenvalue weighted by Crippen LogP contribution is 2.47. The Morgan fingerprint density at radius 1 is 1.23 bits per heavy atom. The van der Waals surface area contributed by atoms with Gasteiger partial charge in [0.15, 0.2) is 0 Å². The molecule has 0 bridgehead atoms.